The number of ketones is 1. The number of hydrogen-bond acceptors (Lipinski definition) is 6. The molecule has 0 aliphatic carbocycles. The topological polar surface area (TPSA) is 63.0 Å². The molecule has 1 atom stereocenters. The molecule has 0 saturated carbocycles. The summed E-state index contributed by atoms with van der Waals surface area (Å²) in [5.41, 5.74) is 0.894. The standard InChI is InChI=1S/C21H18N2O2S2/c1-2-10-25-16-8-7-13-5-3-4-6-14(13)15(16)12-17-19(24)18(20(22)27-17)21-23-9-11-26-21/h3-9,11-12,18,22H,2,10H2,1H3. The number of nitrogens with one attached hydrogen (secondary N) is 1. The molecule has 136 valence electrons. The number of rotatable bonds is 5. The highest BCUT2D eigenvalue weighted by Crippen LogP contribution is 2.42. The van der Waals surface area contributed by atoms with Crippen molar-refractivity contribution in [2.24, 2.45) is 0 Å². The van der Waals surface area contributed by atoms with Crippen LogP contribution in [-0.4, -0.2) is 22.4 Å². The number of Topliss-reactive ketones (excluding diaryl/α,β-unsaturated/α-hetero) is 1. The first kappa shape index (κ1) is 17.9. The number of aromatic nitrogens is 1. The summed E-state index contributed by atoms with van der Waals surface area (Å²) in [6.45, 7) is 2.68. The van der Waals surface area contributed by atoms with Gasteiger partial charge in [0, 0.05) is 17.1 Å². The second-order valence-corrected chi connectivity index (χ2v) is 8.20. The van der Waals surface area contributed by atoms with E-state index in [0.717, 1.165) is 28.5 Å². The maximum absolute atomic E-state index is 13.0. The van der Waals surface area contributed by atoms with E-state index in [-0.39, 0.29) is 5.78 Å². The molecule has 27 heavy (non-hydrogen) atoms. The van der Waals surface area contributed by atoms with Crippen molar-refractivity contribution in [3.05, 3.63) is 63.5 Å². The Morgan fingerprint density at radius 1 is 1.26 bits per heavy atom. The fourth-order valence-electron chi connectivity index (χ4n) is 3.08. The number of carbonyl (C=O) groups excluding carboxylic acids is 1. The van der Waals surface area contributed by atoms with Crippen LogP contribution in [0.25, 0.3) is 16.8 Å². The predicted octanol–water partition coefficient (Wildman–Crippen LogP) is 5.50. The van der Waals surface area contributed by atoms with E-state index < -0.39 is 5.92 Å². The summed E-state index contributed by atoms with van der Waals surface area (Å²) in [7, 11) is 0. The lowest BCUT2D eigenvalue weighted by atomic mass is 10.0. The van der Waals surface area contributed by atoms with Crippen LogP contribution in [0.5, 0.6) is 5.75 Å². The van der Waals surface area contributed by atoms with E-state index in [1.165, 1.54) is 23.1 Å². The number of benzene rings is 2. The molecule has 1 N–H and O–H groups in total. The Morgan fingerprint density at radius 3 is 2.89 bits per heavy atom. The molecule has 3 aromatic rings. The molecular formula is C21H18N2O2S2. The van der Waals surface area contributed by atoms with Gasteiger partial charge < -0.3 is 4.74 Å². The molecule has 4 rings (SSSR count). The van der Waals surface area contributed by atoms with Crippen molar-refractivity contribution in [1.29, 1.82) is 5.41 Å². The molecule has 2 heterocycles. The number of thiazole rings is 1. The van der Waals surface area contributed by atoms with Gasteiger partial charge in [-0.3, -0.25) is 10.2 Å². The fourth-order valence-corrected chi connectivity index (χ4v) is 4.87. The van der Waals surface area contributed by atoms with E-state index in [2.05, 4.69) is 11.9 Å². The molecule has 6 heteroatoms. The highest BCUT2D eigenvalue weighted by atomic mass is 32.2. The Balaban J connectivity index is 1.80. The Kier molecular flexibility index (Phi) is 5.09. The Labute approximate surface area is 165 Å². The van der Waals surface area contributed by atoms with Gasteiger partial charge in [-0.05, 0) is 29.3 Å². The average molecular weight is 395 g/mol. The number of carbonyl (C=O) groups is 1. The minimum atomic E-state index is -0.573. The molecule has 2 aromatic carbocycles. The number of hydrogen-bond donors (Lipinski definition) is 1. The zero-order valence-electron chi connectivity index (χ0n) is 14.8. The van der Waals surface area contributed by atoms with Gasteiger partial charge in [-0.2, -0.15) is 0 Å². The van der Waals surface area contributed by atoms with Crippen molar-refractivity contribution < 1.29 is 9.53 Å². The summed E-state index contributed by atoms with van der Waals surface area (Å²) in [5.74, 6) is 0.131. The van der Waals surface area contributed by atoms with Crippen LogP contribution in [0.4, 0.5) is 0 Å². The Morgan fingerprint density at radius 2 is 2.11 bits per heavy atom. The second-order valence-electron chi connectivity index (χ2n) is 6.19. The predicted molar refractivity (Wildman–Crippen MR) is 113 cm³/mol. The van der Waals surface area contributed by atoms with Crippen LogP contribution in [0.1, 0.15) is 29.8 Å². The van der Waals surface area contributed by atoms with Crippen LogP contribution in [0.2, 0.25) is 0 Å². The minimum absolute atomic E-state index is 0.0608. The van der Waals surface area contributed by atoms with Gasteiger partial charge >= 0.3 is 0 Å². The first-order chi connectivity index (χ1) is 13.2. The second kappa shape index (κ2) is 7.66. The highest BCUT2D eigenvalue weighted by molar-refractivity contribution is 8.19. The van der Waals surface area contributed by atoms with E-state index in [4.69, 9.17) is 10.1 Å². The lowest BCUT2D eigenvalue weighted by Gasteiger charge is -2.12. The van der Waals surface area contributed by atoms with Crippen molar-refractivity contribution in [3.63, 3.8) is 0 Å². The third-order valence-corrected chi connectivity index (χ3v) is 6.19. The van der Waals surface area contributed by atoms with Crippen molar-refractivity contribution >= 4 is 50.8 Å². The van der Waals surface area contributed by atoms with E-state index in [9.17, 15) is 4.79 Å². The summed E-state index contributed by atoms with van der Waals surface area (Å²) in [6.07, 6.45) is 4.46. The summed E-state index contributed by atoms with van der Waals surface area (Å²) in [6, 6.07) is 12.1. The van der Waals surface area contributed by atoms with Crippen molar-refractivity contribution in [2.45, 2.75) is 19.3 Å². The van der Waals surface area contributed by atoms with Gasteiger partial charge in [0.25, 0.3) is 0 Å². The van der Waals surface area contributed by atoms with Crippen molar-refractivity contribution in [3.8, 4) is 5.75 Å². The lowest BCUT2D eigenvalue weighted by Crippen LogP contribution is -2.11. The maximum Gasteiger partial charge on any atom is 0.186 e. The smallest absolute Gasteiger partial charge is 0.186 e. The molecule has 1 saturated heterocycles. The molecule has 0 radical (unpaired) electrons. The zero-order chi connectivity index (χ0) is 18.8. The molecule has 1 aliphatic heterocycles. The van der Waals surface area contributed by atoms with Crippen LogP contribution in [0, 0.1) is 5.41 Å². The molecule has 1 aromatic heterocycles. The van der Waals surface area contributed by atoms with Gasteiger partial charge in [0.1, 0.15) is 16.7 Å². The normalized spacial score (nSPS) is 18.6. The Bertz CT molecular complexity index is 1040. The van der Waals surface area contributed by atoms with Crippen LogP contribution in [-0.2, 0) is 4.79 Å². The molecule has 0 spiro atoms. The van der Waals surface area contributed by atoms with E-state index >= 15 is 0 Å². The fraction of sp³-hybridized carbons (Fsp3) is 0.190. The number of nitrogens with zero attached hydrogens (tertiary/aromatic N) is 1. The Hall–Kier alpha value is -2.44. The molecule has 0 amide bonds. The lowest BCUT2D eigenvalue weighted by molar-refractivity contribution is -0.114. The summed E-state index contributed by atoms with van der Waals surface area (Å²) in [4.78, 5) is 17.8. The van der Waals surface area contributed by atoms with Gasteiger partial charge in [-0.15, -0.1) is 11.3 Å². The molecule has 1 fully saturated rings. The van der Waals surface area contributed by atoms with Crippen molar-refractivity contribution in [2.75, 3.05) is 6.61 Å². The molecule has 1 aliphatic rings. The van der Waals surface area contributed by atoms with Gasteiger partial charge in [-0.1, -0.05) is 49.0 Å². The first-order valence-corrected chi connectivity index (χ1v) is 10.4. The van der Waals surface area contributed by atoms with Crippen LogP contribution >= 0.6 is 23.1 Å². The summed E-state index contributed by atoms with van der Waals surface area (Å²) < 4.78 is 5.94. The first-order valence-electron chi connectivity index (χ1n) is 8.75. The largest absolute Gasteiger partial charge is 0.493 e. The third-order valence-electron chi connectivity index (χ3n) is 4.35. The average Bonchev–Trinajstić information content (AvgIpc) is 3.29. The number of fused-ring (bicyclic) bond motifs is 1. The maximum atomic E-state index is 13.0. The molecule has 0 bridgehead atoms. The highest BCUT2D eigenvalue weighted by Gasteiger charge is 2.38. The third kappa shape index (κ3) is 3.42. The summed E-state index contributed by atoms with van der Waals surface area (Å²) in [5, 5.41) is 13.3. The summed E-state index contributed by atoms with van der Waals surface area (Å²) >= 11 is 2.64. The van der Waals surface area contributed by atoms with Crippen LogP contribution in [0.15, 0.2) is 52.9 Å². The molecule has 4 nitrogen and oxygen atoms in total. The number of allylic oxidation sites excluding steroid dienone is 1. The quantitative estimate of drug-likeness (QED) is 0.580. The number of ether oxygens (including phenoxy) is 1. The number of thioether (sulfide) groups is 1. The van der Waals surface area contributed by atoms with Gasteiger partial charge in [0.15, 0.2) is 5.78 Å². The van der Waals surface area contributed by atoms with Gasteiger partial charge in [0.2, 0.25) is 0 Å². The van der Waals surface area contributed by atoms with Gasteiger partial charge in [-0.25, -0.2) is 4.98 Å². The van der Waals surface area contributed by atoms with Crippen LogP contribution < -0.4 is 4.74 Å². The monoisotopic (exact) mass is 394 g/mol. The van der Waals surface area contributed by atoms with E-state index in [1.54, 1.807) is 6.20 Å². The van der Waals surface area contributed by atoms with Crippen LogP contribution in [0.3, 0.4) is 0 Å². The van der Waals surface area contributed by atoms with Gasteiger partial charge in [0.05, 0.1) is 16.6 Å². The van der Waals surface area contributed by atoms with E-state index in [1.807, 2.05) is 47.9 Å². The van der Waals surface area contributed by atoms with E-state index in [0.29, 0.717) is 21.6 Å². The molecule has 1 unspecified atom stereocenters. The zero-order valence-corrected chi connectivity index (χ0v) is 16.4. The van der Waals surface area contributed by atoms with Crippen molar-refractivity contribution in [1.82, 2.24) is 4.98 Å². The SMILES string of the molecule is CCCOc1ccc2ccccc2c1C=C1SC(=N)C(c2nccs2)C1=O. The molecular weight excluding hydrogens is 376 g/mol. The minimum Gasteiger partial charge on any atom is -0.493 e.